The molecule has 2 aromatic carbocycles. The van der Waals surface area contributed by atoms with Gasteiger partial charge < -0.3 is 15.0 Å². The average Bonchev–Trinajstić information content (AvgIpc) is 3.16. The minimum atomic E-state index is -3.62. The predicted molar refractivity (Wildman–Crippen MR) is 120 cm³/mol. The predicted octanol–water partition coefficient (Wildman–Crippen LogP) is 2.94. The number of para-hydroxylation sites is 1. The third-order valence-corrected chi connectivity index (χ3v) is 7.34. The largest absolute Gasteiger partial charge is 0.373 e. The number of carbonyl (C=O) groups is 1. The molecule has 2 heterocycles. The molecular formula is C23H27N3O4S. The van der Waals surface area contributed by atoms with Gasteiger partial charge in [0, 0.05) is 42.3 Å². The van der Waals surface area contributed by atoms with Gasteiger partial charge in [-0.15, -0.1) is 0 Å². The van der Waals surface area contributed by atoms with Crippen LogP contribution in [0.15, 0.2) is 59.6 Å². The number of morpholine rings is 1. The van der Waals surface area contributed by atoms with Gasteiger partial charge in [0.05, 0.1) is 17.1 Å². The maximum absolute atomic E-state index is 12.9. The van der Waals surface area contributed by atoms with E-state index in [-0.39, 0.29) is 23.0 Å². The Morgan fingerprint density at radius 3 is 2.48 bits per heavy atom. The number of aromatic amines is 1. The molecule has 0 saturated carbocycles. The number of H-pyrrole nitrogens is 1. The molecule has 8 heteroatoms. The van der Waals surface area contributed by atoms with Crippen molar-refractivity contribution in [1.82, 2.24) is 14.6 Å². The first-order chi connectivity index (χ1) is 14.8. The Kier molecular flexibility index (Phi) is 6.13. The first-order valence-corrected chi connectivity index (χ1v) is 11.9. The summed E-state index contributed by atoms with van der Waals surface area (Å²) in [5.74, 6) is -0.225. The molecule has 2 atom stereocenters. The number of hydrogen-bond donors (Lipinski definition) is 2. The highest BCUT2D eigenvalue weighted by Gasteiger charge is 2.32. The highest BCUT2D eigenvalue weighted by Crippen LogP contribution is 2.22. The SMILES string of the molecule is C[C@@H]1CN(S(=O)(=O)c2ccc(C(=O)NCCc3c[nH]c4ccccc34)cc2)C[C@H](C)O1. The Labute approximate surface area is 182 Å². The number of hydrogen-bond acceptors (Lipinski definition) is 4. The lowest BCUT2D eigenvalue weighted by molar-refractivity contribution is -0.0440. The molecule has 1 aromatic heterocycles. The Balaban J connectivity index is 1.37. The lowest BCUT2D eigenvalue weighted by Gasteiger charge is -2.34. The molecule has 31 heavy (non-hydrogen) atoms. The molecule has 0 spiro atoms. The summed E-state index contributed by atoms with van der Waals surface area (Å²) in [5, 5.41) is 4.06. The van der Waals surface area contributed by atoms with E-state index in [0.29, 0.717) is 31.6 Å². The van der Waals surface area contributed by atoms with Crippen molar-refractivity contribution < 1.29 is 17.9 Å². The summed E-state index contributed by atoms with van der Waals surface area (Å²) in [6.45, 7) is 4.86. The quantitative estimate of drug-likeness (QED) is 0.615. The molecule has 1 amide bonds. The molecule has 1 aliphatic rings. The number of rotatable bonds is 6. The van der Waals surface area contributed by atoms with Gasteiger partial charge in [-0.3, -0.25) is 4.79 Å². The van der Waals surface area contributed by atoms with Crippen LogP contribution >= 0.6 is 0 Å². The molecule has 0 unspecified atom stereocenters. The lowest BCUT2D eigenvalue weighted by Crippen LogP contribution is -2.48. The Bertz CT molecular complexity index is 1160. The van der Waals surface area contributed by atoms with Gasteiger partial charge in [-0.05, 0) is 56.2 Å². The van der Waals surface area contributed by atoms with Crippen molar-refractivity contribution in [3.05, 3.63) is 65.9 Å². The lowest BCUT2D eigenvalue weighted by atomic mass is 10.1. The summed E-state index contributed by atoms with van der Waals surface area (Å²) in [5.41, 5.74) is 2.65. The van der Waals surface area contributed by atoms with Crippen molar-refractivity contribution in [2.24, 2.45) is 0 Å². The van der Waals surface area contributed by atoms with Crippen LogP contribution in [0.5, 0.6) is 0 Å². The number of aromatic nitrogens is 1. The number of benzene rings is 2. The van der Waals surface area contributed by atoms with Gasteiger partial charge in [-0.2, -0.15) is 4.31 Å². The first kappa shape index (κ1) is 21.5. The van der Waals surface area contributed by atoms with E-state index in [2.05, 4.69) is 16.4 Å². The molecule has 0 aliphatic carbocycles. The number of carbonyl (C=O) groups excluding carboxylic acids is 1. The Hall–Kier alpha value is -2.68. The number of amides is 1. The van der Waals surface area contributed by atoms with Crippen molar-refractivity contribution in [1.29, 1.82) is 0 Å². The first-order valence-electron chi connectivity index (χ1n) is 10.4. The van der Waals surface area contributed by atoms with Crippen LogP contribution in [0.1, 0.15) is 29.8 Å². The number of sulfonamides is 1. The zero-order valence-corrected chi connectivity index (χ0v) is 18.5. The van der Waals surface area contributed by atoms with Gasteiger partial charge in [-0.25, -0.2) is 8.42 Å². The van der Waals surface area contributed by atoms with E-state index >= 15 is 0 Å². The van der Waals surface area contributed by atoms with Gasteiger partial charge >= 0.3 is 0 Å². The molecule has 0 radical (unpaired) electrons. The maximum Gasteiger partial charge on any atom is 0.251 e. The smallest absolute Gasteiger partial charge is 0.251 e. The molecule has 1 saturated heterocycles. The molecule has 164 valence electrons. The number of ether oxygens (including phenoxy) is 1. The summed E-state index contributed by atoms with van der Waals surface area (Å²) in [7, 11) is -3.62. The Morgan fingerprint density at radius 1 is 1.10 bits per heavy atom. The highest BCUT2D eigenvalue weighted by molar-refractivity contribution is 7.89. The normalized spacial score (nSPS) is 20.1. The molecule has 3 aromatic rings. The van der Waals surface area contributed by atoms with Crippen LogP contribution in [0, 0.1) is 0 Å². The molecule has 4 rings (SSSR count). The second kappa shape index (κ2) is 8.82. The molecule has 7 nitrogen and oxygen atoms in total. The van der Waals surface area contributed by atoms with Gasteiger partial charge in [0.25, 0.3) is 5.91 Å². The van der Waals surface area contributed by atoms with Gasteiger partial charge in [0.2, 0.25) is 10.0 Å². The fourth-order valence-electron chi connectivity index (χ4n) is 4.01. The molecular weight excluding hydrogens is 414 g/mol. The highest BCUT2D eigenvalue weighted by atomic mass is 32.2. The van der Waals surface area contributed by atoms with Crippen LogP contribution in [0.3, 0.4) is 0 Å². The van der Waals surface area contributed by atoms with E-state index < -0.39 is 10.0 Å². The average molecular weight is 442 g/mol. The summed E-state index contributed by atoms with van der Waals surface area (Å²) < 4.78 is 32.9. The molecule has 1 fully saturated rings. The van der Waals surface area contributed by atoms with E-state index in [1.165, 1.54) is 16.4 Å². The summed E-state index contributed by atoms with van der Waals surface area (Å²) >= 11 is 0. The third-order valence-electron chi connectivity index (χ3n) is 5.50. The van der Waals surface area contributed by atoms with Gasteiger partial charge in [0.15, 0.2) is 0 Å². The monoisotopic (exact) mass is 441 g/mol. The van der Waals surface area contributed by atoms with Crippen LogP contribution in [-0.4, -0.2) is 55.5 Å². The van der Waals surface area contributed by atoms with E-state index in [0.717, 1.165) is 16.5 Å². The topological polar surface area (TPSA) is 91.5 Å². The molecule has 0 bridgehead atoms. The maximum atomic E-state index is 12.9. The van der Waals surface area contributed by atoms with Crippen molar-refractivity contribution >= 4 is 26.8 Å². The fraction of sp³-hybridized carbons (Fsp3) is 0.348. The van der Waals surface area contributed by atoms with E-state index in [1.807, 2.05) is 38.2 Å². The van der Waals surface area contributed by atoms with Crippen LogP contribution < -0.4 is 5.32 Å². The van der Waals surface area contributed by atoms with Crippen molar-refractivity contribution in [2.75, 3.05) is 19.6 Å². The van der Waals surface area contributed by atoms with Crippen molar-refractivity contribution in [3.8, 4) is 0 Å². The van der Waals surface area contributed by atoms with E-state index in [4.69, 9.17) is 4.74 Å². The van der Waals surface area contributed by atoms with E-state index in [1.54, 1.807) is 12.1 Å². The van der Waals surface area contributed by atoms with Gasteiger partial charge in [0.1, 0.15) is 0 Å². The number of fused-ring (bicyclic) bond motifs is 1. The Morgan fingerprint density at radius 2 is 1.77 bits per heavy atom. The van der Waals surface area contributed by atoms with Crippen LogP contribution in [0.25, 0.3) is 10.9 Å². The second-order valence-corrected chi connectivity index (χ2v) is 9.91. The summed E-state index contributed by atoms with van der Waals surface area (Å²) in [4.78, 5) is 15.9. The van der Waals surface area contributed by atoms with Gasteiger partial charge in [-0.1, -0.05) is 18.2 Å². The third kappa shape index (κ3) is 4.66. The minimum absolute atomic E-state index is 0.152. The minimum Gasteiger partial charge on any atom is -0.373 e. The van der Waals surface area contributed by atoms with Crippen LogP contribution in [0.2, 0.25) is 0 Å². The zero-order chi connectivity index (χ0) is 22.0. The van der Waals surface area contributed by atoms with Crippen molar-refractivity contribution in [2.45, 2.75) is 37.4 Å². The standard InChI is InChI=1S/C23H27N3O4S/c1-16-14-26(15-17(2)30-16)31(28,29)20-9-7-18(8-10-20)23(27)24-12-11-19-13-25-22-6-4-3-5-21(19)22/h3-10,13,16-17,25H,11-12,14-15H2,1-2H3,(H,24,27)/t16-,17+. The molecule has 2 N–H and O–H groups in total. The van der Waals surface area contributed by atoms with Crippen LogP contribution in [0.4, 0.5) is 0 Å². The number of nitrogens with zero attached hydrogens (tertiary/aromatic N) is 1. The van der Waals surface area contributed by atoms with Crippen molar-refractivity contribution in [3.63, 3.8) is 0 Å². The second-order valence-electron chi connectivity index (χ2n) is 7.97. The van der Waals surface area contributed by atoms with E-state index in [9.17, 15) is 13.2 Å². The zero-order valence-electron chi connectivity index (χ0n) is 17.7. The van der Waals surface area contributed by atoms with Crippen LogP contribution in [-0.2, 0) is 21.2 Å². The molecule has 1 aliphatic heterocycles. The summed E-state index contributed by atoms with van der Waals surface area (Å²) in [6, 6.07) is 14.1. The number of nitrogens with one attached hydrogen (secondary N) is 2. The summed E-state index contributed by atoms with van der Waals surface area (Å²) in [6.07, 6.45) is 2.36. The fourth-order valence-corrected chi connectivity index (χ4v) is 5.60.